The number of carbonyl (C=O) groups is 1. The van der Waals surface area contributed by atoms with Crippen LogP contribution in [0.15, 0.2) is 67.3 Å². The van der Waals surface area contributed by atoms with Crippen molar-refractivity contribution in [3.63, 3.8) is 0 Å². The maximum atomic E-state index is 12.0. The van der Waals surface area contributed by atoms with Crippen molar-refractivity contribution < 1.29 is 4.79 Å². The van der Waals surface area contributed by atoms with Crippen molar-refractivity contribution in [3.8, 4) is 0 Å². The first-order valence-corrected chi connectivity index (χ1v) is 7.06. The smallest absolute Gasteiger partial charge is 0.265 e. The molecule has 1 amide bonds. The fourth-order valence-corrected chi connectivity index (χ4v) is 2.18. The topological polar surface area (TPSA) is 41.1 Å². The van der Waals surface area contributed by atoms with Crippen molar-refractivity contribution in [2.75, 3.05) is 0 Å². The number of benzene rings is 2. The van der Waals surface area contributed by atoms with E-state index in [1.165, 1.54) is 0 Å². The number of hydrogen-bond donors (Lipinski definition) is 2. The lowest BCUT2D eigenvalue weighted by Crippen LogP contribution is -2.39. The third-order valence-electron chi connectivity index (χ3n) is 3.05. The summed E-state index contributed by atoms with van der Waals surface area (Å²) in [6, 6.07) is 16.5. The molecule has 1 unspecified atom stereocenters. The molecule has 2 N–H and O–H groups in total. The Hall–Kier alpha value is -2.10. The summed E-state index contributed by atoms with van der Waals surface area (Å²) in [4.78, 5) is 12.0. The van der Waals surface area contributed by atoms with Gasteiger partial charge in [0.15, 0.2) is 0 Å². The van der Waals surface area contributed by atoms with E-state index in [4.69, 9.17) is 11.6 Å². The molecular formula is C17H17ClN2O. The third kappa shape index (κ3) is 4.45. The zero-order valence-electron chi connectivity index (χ0n) is 11.6. The summed E-state index contributed by atoms with van der Waals surface area (Å²) in [5.41, 5.74) is 7.36. The van der Waals surface area contributed by atoms with Crippen LogP contribution in [0.5, 0.6) is 0 Å². The molecule has 2 aromatic carbocycles. The molecule has 0 aromatic heterocycles. The molecular weight excluding hydrogens is 284 g/mol. The quantitative estimate of drug-likeness (QED) is 0.627. The average molecular weight is 301 g/mol. The Morgan fingerprint density at radius 3 is 2.62 bits per heavy atom. The van der Waals surface area contributed by atoms with Gasteiger partial charge in [0, 0.05) is 10.6 Å². The third-order valence-corrected chi connectivity index (χ3v) is 3.28. The molecule has 4 heteroatoms. The Bertz CT molecular complexity index is 613. The van der Waals surface area contributed by atoms with Crippen LogP contribution in [-0.2, 0) is 0 Å². The molecule has 0 heterocycles. The molecule has 0 radical (unpaired) electrons. The summed E-state index contributed by atoms with van der Waals surface area (Å²) in [6.07, 6.45) is 2.47. The van der Waals surface area contributed by atoms with Gasteiger partial charge < -0.3 is 0 Å². The van der Waals surface area contributed by atoms with Gasteiger partial charge in [0.2, 0.25) is 0 Å². The second-order valence-corrected chi connectivity index (χ2v) is 5.03. The molecule has 0 saturated heterocycles. The van der Waals surface area contributed by atoms with Gasteiger partial charge in [-0.25, -0.2) is 5.43 Å². The first-order valence-electron chi connectivity index (χ1n) is 6.68. The summed E-state index contributed by atoms with van der Waals surface area (Å²) in [5.74, 6) is -0.174. The Morgan fingerprint density at radius 2 is 1.95 bits per heavy atom. The molecule has 3 nitrogen and oxygen atoms in total. The summed E-state index contributed by atoms with van der Waals surface area (Å²) < 4.78 is 0. The molecule has 0 bridgehead atoms. The van der Waals surface area contributed by atoms with E-state index in [9.17, 15) is 4.79 Å². The van der Waals surface area contributed by atoms with Crippen molar-refractivity contribution in [2.24, 2.45) is 0 Å². The Labute approximate surface area is 129 Å². The molecule has 0 spiro atoms. The molecule has 0 aliphatic rings. The van der Waals surface area contributed by atoms with E-state index in [1.54, 1.807) is 18.2 Å². The van der Waals surface area contributed by atoms with Crippen LogP contribution in [0.2, 0.25) is 5.02 Å². The minimum Gasteiger partial charge on any atom is -0.287 e. The van der Waals surface area contributed by atoms with E-state index < -0.39 is 0 Å². The van der Waals surface area contributed by atoms with Crippen LogP contribution in [0.1, 0.15) is 28.4 Å². The van der Waals surface area contributed by atoms with Crippen molar-refractivity contribution in [1.29, 1.82) is 0 Å². The molecule has 0 fully saturated rings. The summed E-state index contributed by atoms with van der Waals surface area (Å²) >= 11 is 6.01. The summed E-state index contributed by atoms with van der Waals surface area (Å²) in [5, 5.41) is 0.665. The number of hydrazine groups is 1. The van der Waals surface area contributed by atoms with Gasteiger partial charge >= 0.3 is 0 Å². The van der Waals surface area contributed by atoms with Crippen LogP contribution in [0.4, 0.5) is 0 Å². The van der Waals surface area contributed by atoms with Crippen LogP contribution in [0.3, 0.4) is 0 Å². The lowest BCUT2D eigenvalue weighted by molar-refractivity contribution is 0.0925. The molecule has 108 valence electrons. The lowest BCUT2D eigenvalue weighted by atomic mass is 10.0. The van der Waals surface area contributed by atoms with Gasteiger partial charge in [0.05, 0.1) is 6.04 Å². The predicted octanol–water partition coefficient (Wildman–Crippen LogP) is 3.89. The largest absolute Gasteiger partial charge is 0.287 e. The standard InChI is InChI=1S/C17H17ClN2O/c1-2-7-16(14-10-6-11-15(18)12-14)19-20-17(21)13-8-4-3-5-9-13/h2-6,8-12,16,19H,1,7H2,(H,20,21). The fourth-order valence-electron chi connectivity index (χ4n) is 1.98. The highest BCUT2D eigenvalue weighted by molar-refractivity contribution is 6.30. The van der Waals surface area contributed by atoms with Gasteiger partial charge in [-0.3, -0.25) is 10.2 Å². The minimum atomic E-state index is -0.174. The van der Waals surface area contributed by atoms with Crippen LogP contribution >= 0.6 is 11.6 Å². The zero-order valence-corrected chi connectivity index (χ0v) is 12.3. The average Bonchev–Trinajstić information content (AvgIpc) is 2.52. The fraction of sp³-hybridized carbons (Fsp3) is 0.118. The number of carbonyl (C=O) groups excluding carboxylic acids is 1. The number of amides is 1. The highest BCUT2D eigenvalue weighted by Gasteiger charge is 2.12. The number of halogens is 1. The zero-order chi connectivity index (χ0) is 15.1. The molecule has 2 aromatic rings. The predicted molar refractivity (Wildman–Crippen MR) is 86.1 cm³/mol. The van der Waals surface area contributed by atoms with Crippen LogP contribution in [0, 0.1) is 0 Å². The first kappa shape index (κ1) is 15.3. The van der Waals surface area contributed by atoms with Gasteiger partial charge in [-0.15, -0.1) is 6.58 Å². The van der Waals surface area contributed by atoms with E-state index in [0.29, 0.717) is 17.0 Å². The minimum absolute atomic E-state index is 0.0751. The van der Waals surface area contributed by atoms with Crippen molar-refractivity contribution in [3.05, 3.63) is 83.4 Å². The molecule has 0 saturated carbocycles. The van der Waals surface area contributed by atoms with Crippen molar-refractivity contribution in [2.45, 2.75) is 12.5 Å². The van der Waals surface area contributed by atoms with E-state index in [-0.39, 0.29) is 11.9 Å². The van der Waals surface area contributed by atoms with Gasteiger partial charge in [0.25, 0.3) is 5.91 Å². The molecule has 21 heavy (non-hydrogen) atoms. The summed E-state index contributed by atoms with van der Waals surface area (Å²) in [7, 11) is 0. The highest BCUT2D eigenvalue weighted by atomic mass is 35.5. The van der Waals surface area contributed by atoms with Crippen LogP contribution < -0.4 is 10.9 Å². The second kappa shape index (κ2) is 7.62. The van der Waals surface area contributed by atoms with Gasteiger partial charge in [-0.05, 0) is 36.2 Å². The normalized spacial score (nSPS) is 11.7. The van der Waals surface area contributed by atoms with E-state index in [0.717, 1.165) is 5.56 Å². The Balaban J connectivity index is 2.04. The van der Waals surface area contributed by atoms with E-state index >= 15 is 0 Å². The van der Waals surface area contributed by atoms with Gasteiger partial charge in [0.1, 0.15) is 0 Å². The van der Waals surface area contributed by atoms with Crippen LogP contribution in [0.25, 0.3) is 0 Å². The number of rotatable bonds is 6. The van der Waals surface area contributed by atoms with Gasteiger partial charge in [-0.1, -0.05) is 48.0 Å². The van der Waals surface area contributed by atoms with E-state index in [2.05, 4.69) is 17.4 Å². The lowest BCUT2D eigenvalue weighted by Gasteiger charge is -2.18. The van der Waals surface area contributed by atoms with Crippen molar-refractivity contribution >= 4 is 17.5 Å². The molecule has 0 aliphatic carbocycles. The maximum absolute atomic E-state index is 12.0. The monoisotopic (exact) mass is 300 g/mol. The van der Waals surface area contributed by atoms with Crippen LogP contribution in [-0.4, -0.2) is 5.91 Å². The summed E-state index contributed by atoms with van der Waals surface area (Å²) in [6.45, 7) is 3.75. The van der Waals surface area contributed by atoms with Gasteiger partial charge in [-0.2, -0.15) is 0 Å². The maximum Gasteiger partial charge on any atom is 0.265 e. The SMILES string of the molecule is C=CCC(NNC(=O)c1ccccc1)c1cccc(Cl)c1. The number of nitrogens with one attached hydrogen (secondary N) is 2. The number of hydrogen-bond acceptors (Lipinski definition) is 2. The van der Waals surface area contributed by atoms with Crippen molar-refractivity contribution in [1.82, 2.24) is 10.9 Å². The molecule has 0 aliphatic heterocycles. The molecule has 1 atom stereocenters. The second-order valence-electron chi connectivity index (χ2n) is 4.60. The highest BCUT2D eigenvalue weighted by Crippen LogP contribution is 2.20. The van der Waals surface area contributed by atoms with E-state index in [1.807, 2.05) is 42.5 Å². The Kier molecular flexibility index (Phi) is 5.55. The first-order chi connectivity index (χ1) is 10.2. The Morgan fingerprint density at radius 1 is 1.19 bits per heavy atom. The molecule has 2 rings (SSSR count).